The molecule has 0 bridgehead atoms. The number of pyridine rings is 1. The second-order valence-corrected chi connectivity index (χ2v) is 3.01. The number of aromatic nitrogens is 1. The number of nitrogens with zero attached hydrogens (tertiary/aromatic N) is 2. The minimum absolute atomic E-state index is 0.0419. The van der Waals surface area contributed by atoms with Crippen molar-refractivity contribution in [3.05, 3.63) is 27.9 Å². The summed E-state index contributed by atoms with van der Waals surface area (Å²) in [5.74, 6) is -0.462. The van der Waals surface area contributed by atoms with Gasteiger partial charge in [-0.2, -0.15) is 0 Å². The number of nitro groups is 1. The minimum atomic E-state index is -0.583. The highest BCUT2D eigenvalue weighted by Crippen LogP contribution is 2.18. The molecule has 15 heavy (non-hydrogen) atoms. The predicted octanol–water partition coefficient (Wildman–Crippen LogP) is 0.386. The Balaban J connectivity index is 3.23. The molecule has 1 heterocycles. The summed E-state index contributed by atoms with van der Waals surface area (Å²) >= 11 is 0. The standard InChI is InChI=1S/C8H9N3O4/c1-5-4-10(13)8(9-6(2)12)3-7(5)11(14)15/h3-4,13H,1-2H3/p+1. The molecule has 1 amide bonds. The van der Waals surface area contributed by atoms with Gasteiger partial charge in [-0.25, -0.2) is 10.1 Å². The largest absolute Gasteiger partial charge is 0.350 e. The number of hydrogen-bond acceptors (Lipinski definition) is 4. The Labute approximate surface area is 85.1 Å². The van der Waals surface area contributed by atoms with Gasteiger partial charge in [-0.1, -0.05) is 4.73 Å². The van der Waals surface area contributed by atoms with Crippen molar-refractivity contribution < 1.29 is 19.7 Å². The number of rotatable bonds is 2. The van der Waals surface area contributed by atoms with Crippen LogP contribution in [0.3, 0.4) is 0 Å². The molecule has 0 atom stereocenters. The molecular formula is C8H10N3O4+. The molecule has 0 unspecified atom stereocenters. The lowest BCUT2D eigenvalue weighted by Crippen LogP contribution is -2.35. The zero-order valence-corrected chi connectivity index (χ0v) is 8.22. The molecule has 0 aliphatic carbocycles. The van der Waals surface area contributed by atoms with Gasteiger partial charge in [0.05, 0.1) is 10.5 Å². The zero-order chi connectivity index (χ0) is 11.6. The molecule has 0 spiro atoms. The molecule has 0 aromatic carbocycles. The Morgan fingerprint density at radius 3 is 2.73 bits per heavy atom. The molecule has 7 nitrogen and oxygen atoms in total. The fourth-order valence-corrected chi connectivity index (χ4v) is 1.10. The number of anilines is 1. The van der Waals surface area contributed by atoms with Crippen molar-refractivity contribution in [3.63, 3.8) is 0 Å². The van der Waals surface area contributed by atoms with Crippen LogP contribution >= 0.6 is 0 Å². The fourth-order valence-electron chi connectivity index (χ4n) is 1.10. The highest BCUT2D eigenvalue weighted by Gasteiger charge is 2.20. The van der Waals surface area contributed by atoms with Crippen LogP contribution in [-0.4, -0.2) is 16.0 Å². The van der Waals surface area contributed by atoms with Gasteiger partial charge in [0.2, 0.25) is 0 Å². The van der Waals surface area contributed by atoms with E-state index in [1.54, 1.807) is 0 Å². The van der Waals surface area contributed by atoms with Crippen molar-refractivity contribution in [2.24, 2.45) is 0 Å². The Hall–Kier alpha value is -2.18. The van der Waals surface area contributed by atoms with E-state index < -0.39 is 10.8 Å². The normalized spacial score (nSPS) is 9.73. The first kappa shape index (κ1) is 10.9. The van der Waals surface area contributed by atoms with Gasteiger partial charge < -0.3 is 5.21 Å². The minimum Gasteiger partial charge on any atom is -0.350 e. The highest BCUT2D eigenvalue weighted by atomic mass is 16.6. The summed E-state index contributed by atoms with van der Waals surface area (Å²) in [4.78, 5) is 20.7. The van der Waals surface area contributed by atoms with Gasteiger partial charge in [0.15, 0.2) is 0 Å². The van der Waals surface area contributed by atoms with Crippen molar-refractivity contribution in [3.8, 4) is 0 Å². The third-order valence-electron chi connectivity index (χ3n) is 1.74. The molecule has 1 rings (SSSR count). The van der Waals surface area contributed by atoms with E-state index in [9.17, 15) is 20.1 Å². The van der Waals surface area contributed by atoms with Crippen LogP contribution < -0.4 is 10.0 Å². The third kappa shape index (κ3) is 2.39. The maximum absolute atomic E-state index is 10.7. The Kier molecular flexibility index (Phi) is 2.84. The highest BCUT2D eigenvalue weighted by molar-refractivity contribution is 5.87. The van der Waals surface area contributed by atoms with Crippen LogP contribution in [0.15, 0.2) is 12.3 Å². The molecule has 0 aliphatic rings. The van der Waals surface area contributed by atoms with Crippen molar-refractivity contribution >= 4 is 17.4 Å². The van der Waals surface area contributed by atoms with Crippen molar-refractivity contribution in [2.45, 2.75) is 13.8 Å². The number of amides is 1. The Morgan fingerprint density at radius 1 is 1.67 bits per heavy atom. The third-order valence-corrected chi connectivity index (χ3v) is 1.74. The monoisotopic (exact) mass is 212 g/mol. The predicted molar refractivity (Wildman–Crippen MR) is 49.5 cm³/mol. The smallest absolute Gasteiger partial charge is 0.328 e. The van der Waals surface area contributed by atoms with E-state index in [1.165, 1.54) is 13.8 Å². The first-order valence-corrected chi connectivity index (χ1v) is 4.09. The molecule has 7 heteroatoms. The van der Waals surface area contributed by atoms with Gasteiger partial charge in [0, 0.05) is 6.92 Å². The van der Waals surface area contributed by atoms with E-state index in [0.29, 0.717) is 10.3 Å². The lowest BCUT2D eigenvalue weighted by atomic mass is 10.2. The lowest BCUT2D eigenvalue weighted by Gasteiger charge is -2.00. The van der Waals surface area contributed by atoms with Crippen molar-refractivity contribution in [1.29, 1.82) is 0 Å². The molecule has 2 N–H and O–H groups in total. The topological polar surface area (TPSA) is 96.3 Å². The van der Waals surface area contributed by atoms with Crippen LogP contribution in [-0.2, 0) is 4.79 Å². The Bertz CT molecular complexity index is 430. The van der Waals surface area contributed by atoms with Crippen LogP contribution in [0.2, 0.25) is 0 Å². The first-order valence-electron chi connectivity index (χ1n) is 4.09. The van der Waals surface area contributed by atoms with Gasteiger partial charge in [-0.15, -0.1) is 0 Å². The molecule has 0 saturated carbocycles. The van der Waals surface area contributed by atoms with Gasteiger partial charge in [-0.05, 0) is 6.92 Å². The second kappa shape index (κ2) is 3.91. The quantitative estimate of drug-likeness (QED) is 0.320. The maximum Gasteiger partial charge on any atom is 0.328 e. The number of aryl methyl sites for hydroxylation is 1. The summed E-state index contributed by atoms with van der Waals surface area (Å²) < 4.78 is 0.629. The summed E-state index contributed by atoms with van der Waals surface area (Å²) in [6.45, 7) is 2.73. The van der Waals surface area contributed by atoms with Gasteiger partial charge in [0.1, 0.15) is 12.3 Å². The average molecular weight is 212 g/mol. The van der Waals surface area contributed by atoms with E-state index >= 15 is 0 Å². The summed E-state index contributed by atoms with van der Waals surface area (Å²) in [6.07, 6.45) is 1.16. The van der Waals surface area contributed by atoms with Crippen LogP contribution in [0.25, 0.3) is 0 Å². The van der Waals surface area contributed by atoms with E-state index in [-0.39, 0.29) is 11.5 Å². The number of nitrogens with one attached hydrogen (secondary N) is 1. The molecule has 1 aromatic heterocycles. The summed E-state index contributed by atoms with van der Waals surface area (Å²) in [5, 5.41) is 22.2. The maximum atomic E-state index is 10.7. The average Bonchev–Trinajstić information content (AvgIpc) is 2.08. The van der Waals surface area contributed by atoms with Crippen LogP contribution in [0.4, 0.5) is 11.5 Å². The van der Waals surface area contributed by atoms with E-state index in [2.05, 4.69) is 5.32 Å². The van der Waals surface area contributed by atoms with Crippen LogP contribution in [0.1, 0.15) is 12.5 Å². The second-order valence-electron chi connectivity index (χ2n) is 3.01. The summed E-state index contributed by atoms with van der Waals surface area (Å²) in [5.41, 5.74) is 0.139. The molecule has 1 aromatic rings. The van der Waals surface area contributed by atoms with Gasteiger partial charge >= 0.3 is 11.7 Å². The Morgan fingerprint density at radius 2 is 2.27 bits per heavy atom. The molecule has 0 radical (unpaired) electrons. The first-order chi connectivity index (χ1) is 6.91. The summed E-state index contributed by atoms with van der Waals surface area (Å²) in [6, 6.07) is 1.09. The number of carbonyl (C=O) groups is 1. The van der Waals surface area contributed by atoms with Crippen LogP contribution in [0, 0.1) is 17.0 Å². The molecular weight excluding hydrogens is 202 g/mol. The lowest BCUT2D eigenvalue weighted by molar-refractivity contribution is -0.893. The number of carbonyl (C=O) groups excluding carboxylic acids is 1. The SMILES string of the molecule is CC(=O)Nc1cc([N+](=O)[O-])c(C)c[n+]1O. The fraction of sp³-hybridized carbons (Fsp3) is 0.250. The molecule has 0 fully saturated rings. The van der Waals surface area contributed by atoms with Crippen LogP contribution in [0.5, 0.6) is 0 Å². The molecule has 80 valence electrons. The van der Waals surface area contributed by atoms with Gasteiger partial charge in [0.25, 0.3) is 5.69 Å². The van der Waals surface area contributed by atoms with E-state index in [4.69, 9.17) is 0 Å². The van der Waals surface area contributed by atoms with E-state index in [0.717, 1.165) is 12.3 Å². The molecule has 0 aliphatic heterocycles. The van der Waals surface area contributed by atoms with Crippen molar-refractivity contribution in [2.75, 3.05) is 5.32 Å². The van der Waals surface area contributed by atoms with E-state index in [1.807, 2.05) is 0 Å². The molecule has 0 saturated heterocycles. The zero-order valence-electron chi connectivity index (χ0n) is 8.22. The van der Waals surface area contributed by atoms with Crippen molar-refractivity contribution in [1.82, 2.24) is 0 Å². The summed E-state index contributed by atoms with van der Waals surface area (Å²) in [7, 11) is 0. The number of hydrogen-bond donors (Lipinski definition) is 2. The van der Waals surface area contributed by atoms with Gasteiger partial charge in [-0.3, -0.25) is 10.1 Å².